The van der Waals surface area contributed by atoms with E-state index < -0.39 is 5.54 Å². The number of hydrogen-bond acceptors (Lipinski definition) is 6. The molecule has 8 heteroatoms. The van der Waals surface area contributed by atoms with Gasteiger partial charge in [0.2, 0.25) is 11.8 Å². The summed E-state index contributed by atoms with van der Waals surface area (Å²) in [7, 11) is 0. The van der Waals surface area contributed by atoms with Gasteiger partial charge < -0.3 is 15.8 Å². The number of benzene rings is 1. The standard InChI is InChI=1S/C27H33N5O3/c1-3-27(4-2)15-23(33)32(26(28)31-27)24(17-8-7-12-29-16-17)19-14-20(19)25(34)30-21-11-13-35-22-10-6-5-9-18(21)22/h5-10,12,16,19-21,24H,3-4,11,13-15H2,1-2H3,(H2,28,31)(H,30,34)/t19-,20-,21-,24?/m0/s1. The van der Waals surface area contributed by atoms with E-state index in [1.807, 2.05) is 50.2 Å². The first-order valence-electron chi connectivity index (χ1n) is 12.6. The third-order valence-corrected chi connectivity index (χ3v) is 7.82. The molecule has 1 saturated carbocycles. The van der Waals surface area contributed by atoms with Crippen LogP contribution >= 0.6 is 0 Å². The van der Waals surface area contributed by atoms with Crippen molar-refractivity contribution < 1.29 is 14.3 Å². The monoisotopic (exact) mass is 475 g/mol. The van der Waals surface area contributed by atoms with Crippen LogP contribution in [0.5, 0.6) is 5.75 Å². The normalized spacial score (nSPS) is 25.7. The first-order chi connectivity index (χ1) is 17.0. The van der Waals surface area contributed by atoms with Gasteiger partial charge in [0.15, 0.2) is 5.96 Å². The van der Waals surface area contributed by atoms with Crippen LogP contribution in [-0.4, -0.2) is 39.8 Å². The molecule has 2 aliphatic heterocycles. The maximum Gasteiger partial charge on any atom is 0.232 e. The molecule has 2 aromatic rings. The molecule has 0 radical (unpaired) electrons. The van der Waals surface area contributed by atoms with E-state index in [1.165, 1.54) is 0 Å². The number of nitrogens with two attached hydrogens (primary N) is 1. The van der Waals surface area contributed by atoms with Crippen molar-refractivity contribution in [3.8, 4) is 5.75 Å². The zero-order valence-electron chi connectivity index (χ0n) is 20.3. The fourth-order valence-corrected chi connectivity index (χ4v) is 5.56. The minimum atomic E-state index is -0.450. The molecule has 5 rings (SSSR count). The lowest BCUT2D eigenvalue weighted by Crippen LogP contribution is -2.53. The van der Waals surface area contributed by atoms with E-state index in [4.69, 9.17) is 15.5 Å². The topological polar surface area (TPSA) is 110 Å². The lowest BCUT2D eigenvalue weighted by molar-refractivity contribution is -0.132. The molecule has 8 nitrogen and oxygen atoms in total. The van der Waals surface area contributed by atoms with Gasteiger partial charge in [0.05, 0.1) is 30.7 Å². The Labute approximate surface area is 206 Å². The predicted molar refractivity (Wildman–Crippen MR) is 132 cm³/mol. The van der Waals surface area contributed by atoms with Gasteiger partial charge in [0.25, 0.3) is 0 Å². The average molecular weight is 476 g/mol. The third-order valence-electron chi connectivity index (χ3n) is 7.82. The van der Waals surface area contributed by atoms with Crippen molar-refractivity contribution >= 4 is 17.8 Å². The molecule has 2 amide bonds. The summed E-state index contributed by atoms with van der Waals surface area (Å²) < 4.78 is 5.74. The summed E-state index contributed by atoms with van der Waals surface area (Å²) in [5.41, 5.74) is 7.87. The van der Waals surface area contributed by atoms with Crippen LogP contribution in [0.25, 0.3) is 0 Å². The van der Waals surface area contributed by atoms with Crippen LogP contribution < -0.4 is 15.8 Å². The molecule has 3 heterocycles. The van der Waals surface area contributed by atoms with E-state index in [2.05, 4.69) is 10.3 Å². The highest BCUT2D eigenvalue weighted by Crippen LogP contribution is 2.51. The van der Waals surface area contributed by atoms with Crippen LogP contribution in [0.2, 0.25) is 0 Å². The Morgan fingerprint density at radius 1 is 1.26 bits per heavy atom. The Hall–Kier alpha value is -3.42. The number of ether oxygens (including phenoxy) is 1. The summed E-state index contributed by atoms with van der Waals surface area (Å²) in [5.74, 6) is 0.759. The van der Waals surface area contributed by atoms with Gasteiger partial charge in [0, 0.05) is 30.3 Å². The summed E-state index contributed by atoms with van der Waals surface area (Å²) in [6.45, 7) is 4.65. The van der Waals surface area contributed by atoms with E-state index in [0.29, 0.717) is 19.4 Å². The van der Waals surface area contributed by atoms with Crippen LogP contribution in [0.15, 0.2) is 53.8 Å². The molecular formula is C27H33N5O3. The number of rotatable bonds is 7. The van der Waals surface area contributed by atoms with Crippen LogP contribution in [0.4, 0.5) is 0 Å². The van der Waals surface area contributed by atoms with E-state index >= 15 is 0 Å². The zero-order valence-corrected chi connectivity index (χ0v) is 20.3. The molecule has 0 saturated heterocycles. The second-order valence-electron chi connectivity index (χ2n) is 9.82. The fraction of sp³-hybridized carbons (Fsp3) is 0.481. The first-order valence-corrected chi connectivity index (χ1v) is 12.6. The highest BCUT2D eigenvalue weighted by atomic mass is 16.5. The number of para-hydroxylation sites is 1. The van der Waals surface area contributed by atoms with E-state index in [1.54, 1.807) is 17.3 Å². The number of nitrogens with zero attached hydrogens (tertiary/aromatic N) is 3. The average Bonchev–Trinajstić information content (AvgIpc) is 3.67. The molecule has 3 aliphatic rings. The SMILES string of the molecule is CCC1(CC)CC(=O)N(C(c2cccnc2)[C@H]2C[C@@H]2C(=O)N[C@H]2CCOc3ccccc32)C(N)=N1. The molecule has 1 fully saturated rings. The van der Waals surface area contributed by atoms with Crippen molar-refractivity contribution in [3.63, 3.8) is 0 Å². The smallest absolute Gasteiger partial charge is 0.232 e. The molecule has 1 unspecified atom stereocenters. The zero-order chi connectivity index (χ0) is 24.6. The molecule has 1 aromatic heterocycles. The van der Waals surface area contributed by atoms with Gasteiger partial charge >= 0.3 is 0 Å². The summed E-state index contributed by atoms with van der Waals surface area (Å²) in [6.07, 6.45) is 6.70. The number of amides is 2. The lowest BCUT2D eigenvalue weighted by Gasteiger charge is -2.40. The second kappa shape index (κ2) is 9.32. The summed E-state index contributed by atoms with van der Waals surface area (Å²) >= 11 is 0. The predicted octanol–water partition coefficient (Wildman–Crippen LogP) is 3.50. The van der Waals surface area contributed by atoms with Gasteiger partial charge in [0.1, 0.15) is 5.75 Å². The second-order valence-corrected chi connectivity index (χ2v) is 9.82. The largest absolute Gasteiger partial charge is 0.493 e. The number of hydrogen-bond donors (Lipinski definition) is 2. The molecule has 35 heavy (non-hydrogen) atoms. The van der Waals surface area contributed by atoms with Gasteiger partial charge in [-0.2, -0.15) is 0 Å². The van der Waals surface area contributed by atoms with Gasteiger partial charge in [-0.1, -0.05) is 38.1 Å². The fourth-order valence-electron chi connectivity index (χ4n) is 5.56. The Morgan fingerprint density at radius 2 is 2.06 bits per heavy atom. The Kier molecular flexibility index (Phi) is 6.21. The molecule has 184 valence electrons. The van der Waals surface area contributed by atoms with Crippen molar-refractivity contribution in [2.45, 2.75) is 63.6 Å². The number of aromatic nitrogens is 1. The van der Waals surface area contributed by atoms with Crippen molar-refractivity contribution in [2.75, 3.05) is 6.61 Å². The molecule has 0 bridgehead atoms. The first kappa shape index (κ1) is 23.3. The van der Waals surface area contributed by atoms with Crippen molar-refractivity contribution in [1.82, 2.24) is 15.2 Å². The number of nitrogens with one attached hydrogen (secondary N) is 1. The minimum Gasteiger partial charge on any atom is -0.493 e. The number of fused-ring (bicyclic) bond motifs is 1. The summed E-state index contributed by atoms with van der Waals surface area (Å²) in [5, 5.41) is 3.23. The van der Waals surface area contributed by atoms with Gasteiger partial charge in [-0.05, 0) is 42.9 Å². The van der Waals surface area contributed by atoms with Crippen LogP contribution in [0.3, 0.4) is 0 Å². The minimum absolute atomic E-state index is 0.00188. The molecule has 4 atom stereocenters. The molecule has 1 aliphatic carbocycles. The quantitative estimate of drug-likeness (QED) is 0.637. The van der Waals surface area contributed by atoms with Gasteiger partial charge in [-0.25, -0.2) is 4.99 Å². The highest BCUT2D eigenvalue weighted by molar-refractivity contribution is 5.99. The molecule has 3 N–H and O–H groups in total. The lowest BCUT2D eigenvalue weighted by atomic mass is 9.87. The maximum atomic E-state index is 13.4. The number of aliphatic imine (C=N–C) groups is 1. The van der Waals surface area contributed by atoms with E-state index in [0.717, 1.165) is 36.1 Å². The Bertz CT molecular complexity index is 1130. The Morgan fingerprint density at radius 3 is 2.77 bits per heavy atom. The number of guanidine groups is 1. The van der Waals surface area contributed by atoms with Crippen LogP contribution in [-0.2, 0) is 9.59 Å². The number of carbonyl (C=O) groups is 2. The summed E-state index contributed by atoms with van der Waals surface area (Å²) in [4.78, 5) is 37.5. The van der Waals surface area contributed by atoms with Crippen molar-refractivity contribution in [2.24, 2.45) is 22.6 Å². The number of carbonyl (C=O) groups excluding carboxylic acids is 2. The molecule has 0 spiro atoms. The van der Waals surface area contributed by atoms with Crippen molar-refractivity contribution in [1.29, 1.82) is 0 Å². The van der Waals surface area contributed by atoms with Crippen molar-refractivity contribution in [3.05, 3.63) is 59.9 Å². The van der Waals surface area contributed by atoms with E-state index in [-0.39, 0.29) is 41.7 Å². The number of pyridine rings is 1. The highest BCUT2D eigenvalue weighted by Gasteiger charge is 2.53. The third kappa shape index (κ3) is 4.37. The van der Waals surface area contributed by atoms with Crippen LogP contribution in [0.1, 0.15) is 69.2 Å². The molecule has 1 aromatic carbocycles. The summed E-state index contributed by atoms with van der Waals surface area (Å²) in [6, 6.07) is 11.2. The van der Waals surface area contributed by atoms with Gasteiger partial charge in [-0.15, -0.1) is 0 Å². The Balaban J connectivity index is 1.39. The molecular weight excluding hydrogens is 442 g/mol. The maximum absolute atomic E-state index is 13.4. The van der Waals surface area contributed by atoms with Gasteiger partial charge in [-0.3, -0.25) is 19.5 Å². The van der Waals surface area contributed by atoms with E-state index in [9.17, 15) is 9.59 Å². The van der Waals surface area contributed by atoms with Crippen LogP contribution in [0, 0.1) is 11.8 Å².